The Balaban J connectivity index is 2.77. The van der Waals surface area contributed by atoms with E-state index in [-0.39, 0.29) is 11.7 Å². The van der Waals surface area contributed by atoms with Crippen molar-refractivity contribution in [3.05, 3.63) is 35.1 Å². The second kappa shape index (κ2) is 7.86. The molecular weight excluding hydrogens is 245 g/mol. The van der Waals surface area contributed by atoms with Crippen molar-refractivity contribution in [2.45, 2.75) is 26.4 Å². The highest BCUT2D eigenvalue weighted by Crippen LogP contribution is 2.11. The summed E-state index contributed by atoms with van der Waals surface area (Å²) >= 11 is 0. The Hall–Kier alpha value is -1.46. The van der Waals surface area contributed by atoms with Crippen LogP contribution in [0.1, 0.15) is 24.5 Å². The minimum absolute atomic E-state index is 0.0381. The molecule has 0 heterocycles. The van der Waals surface area contributed by atoms with E-state index in [1.54, 1.807) is 7.05 Å². The molecule has 0 bridgehead atoms. The van der Waals surface area contributed by atoms with Gasteiger partial charge in [0, 0.05) is 20.1 Å². The van der Waals surface area contributed by atoms with E-state index in [0.29, 0.717) is 19.6 Å². The number of hydrogen-bond acceptors (Lipinski definition) is 3. The van der Waals surface area contributed by atoms with Gasteiger partial charge in [0.1, 0.15) is 5.82 Å². The molecule has 0 unspecified atom stereocenters. The van der Waals surface area contributed by atoms with E-state index in [1.807, 2.05) is 17.9 Å². The Morgan fingerprint density at radius 2 is 2.05 bits per heavy atom. The van der Waals surface area contributed by atoms with Gasteiger partial charge in [0.05, 0.1) is 6.54 Å². The number of halogens is 1. The number of benzene rings is 1. The predicted octanol–water partition coefficient (Wildman–Crippen LogP) is 1.24. The van der Waals surface area contributed by atoms with Crippen molar-refractivity contribution in [3.8, 4) is 0 Å². The number of nitrogens with zero attached hydrogens (tertiary/aromatic N) is 1. The van der Waals surface area contributed by atoms with Gasteiger partial charge in [-0.1, -0.05) is 13.0 Å². The molecule has 1 aromatic carbocycles. The number of rotatable bonds is 7. The molecule has 0 saturated heterocycles. The highest BCUT2D eigenvalue weighted by Gasteiger charge is 2.10. The van der Waals surface area contributed by atoms with Gasteiger partial charge in [0.25, 0.3) is 0 Å². The van der Waals surface area contributed by atoms with E-state index in [1.165, 1.54) is 12.1 Å². The SMILES string of the molecule is CCCN(CC(=O)NC)Cc1cc(F)cc(CN)c1. The summed E-state index contributed by atoms with van der Waals surface area (Å²) in [7, 11) is 1.61. The topological polar surface area (TPSA) is 58.4 Å². The van der Waals surface area contributed by atoms with E-state index >= 15 is 0 Å². The molecule has 19 heavy (non-hydrogen) atoms. The largest absolute Gasteiger partial charge is 0.358 e. The van der Waals surface area contributed by atoms with Crippen LogP contribution in [0.2, 0.25) is 0 Å². The third-order valence-electron chi connectivity index (χ3n) is 2.85. The Morgan fingerprint density at radius 3 is 2.63 bits per heavy atom. The van der Waals surface area contributed by atoms with Crippen LogP contribution >= 0.6 is 0 Å². The van der Waals surface area contributed by atoms with Crippen molar-refractivity contribution in [2.24, 2.45) is 5.73 Å². The van der Waals surface area contributed by atoms with E-state index in [9.17, 15) is 9.18 Å². The van der Waals surface area contributed by atoms with Gasteiger partial charge >= 0.3 is 0 Å². The summed E-state index contributed by atoms with van der Waals surface area (Å²) in [6, 6.07) is 4.81. The lowest BCUT2D eigenvalue weighted by Gasteiger charge is -2.21. The fourth-order valence-corrected chi connectivity index (χ4v) is 2.00. The molecule has 0 aliphatic heterocycles. The van der Waals surface area contributed by atoms with Gasteiger partial charge in [-0.25, -0.2) is 4.39 Å². The number of hydrogen-bond donors (Lipinski definition) is 2. The molecule has 106 valence electrons. The van der Waals surface area contributed by atoms with Crippen molar-refractivity contribution < 1.29 is 9.18 Å². The first-order valence-electron chi connectivity index (χ1n) is 6.50. The van der Waals surface area contributed by atoms with E-state index in [4.69, 9.17) is 5.73 Å². The zero-order valence-corrected chi connectivity index (χ0v) is 11.6. The number of carbonyl (C=O) groups is 1. The van der Waals surface area contributed by atoms with Crippen molar-refractivity contribution in [3.63, 3.8) is 0 Å². The highest BCUT2D eigenvalue weighted by molar-refractivity contribution is 5.77. The maximum absolute atomic E-state index is 13.4. The minimum Gasteiger partial charge on any atom is -0.358 e. The van der Waals surface area contributed by atoms with E-state index in [2.05, 4.69) is 5.32 Å². The predicted molar refractivity (Wildman–Crippen MR) is 73.9 cm³/mol. The summed E-state index contributed by atoms with van der Waals surface area (Å²) in [6.07, 6.45) is 0.941. The Bertz CT molecular complexity index is 423. The Morgan fingerprint density at radius 1 is 1.37 bits per heavy atom. The summed E-state index contributed by atoms with van der Waals surface area (Å²) in [4.78, 5) is 13.4. The molecule has 0 aliphatic rings. The van der Waals surface area contributed by atoms with Crippen LogP contribution in [-0.2, 0) is 17.9 Å². The molecule has 3 N–H and O–H groups in total. The second-order valence-electron chi connectivity index (χ2n) is 4.56. The number of likely N-dealkylation sites (N-methyl/N-ethyl adjacent to an activating group) is 1. The van der Waals surface area contributed by atoms with Gasteiger partial charge in [-0.2, -0.15) is 0 Å². The van der Waals surface area contributed by atoms with Gasteiger partial charge in [-0.05, 0) is 36.2 Å². The zero-order chi connectivity index (χ0) is 14.3. The molecule has 0 saturated carbocycles. The van der Waals surface area contributed by atoms with Crippen LogP contribution in [0, 0.1) is 5.82 Å². The Kier molecular flexibility index (Phi) is 6.45. The number of amides is 1. The van der Waals surface area contributed by atoms with Crippen LogP contribution < -0.4 is 11.1 Å². The van der Waals surface area contributed by atoms with Crippen molar-refractivity contribution >= 4 is 5.91 Å². The number of carbonyl (C=O) groups excluding carboxylic acids is 1. The maximum Gasteiger partial charge on any atom is 0.233 e. The van der Waals surface area contributed by atoms with E-state index in [0.717, 1.165) is 24.1 Å². The third kappa shape index (κ3) is 5.36. The first kappa shape index (κ1) is 15.6. The molecular formula is C14H22FN3O. The summed E-state index contributed by atoms with van der Waals surface area (Å²) in [5, 5.41) is 2.60. The van der Waals surface area contributed by atoms with Crippen LogP contribution in [0.5, 0.6) is 0 Å². The van der Waals surface area contributed by atoms with Crippen LogP contribution in [-0.4, -0.2) is 30.9 Å². The molecule has 5 heteroatoms. The molecule has 1 rings (SSSR count). The highest BCUT2D eigenvalue weighted by atomic mass is 19.1. The van der Waals surface area contributed by atoms with Crippen molar-refractivity contribution in [1.82, 2.24) is 10.2 Å². The molecule has 0 radical (unpaired) electrons. The number of nitrogens with one attached hydrogen (secondary N) is 1. The average Bonchev–Trinajstić information content (AvgIpc) is 2.38. The summed E-state index contributed by atoms with van der Waals surface area (Å²) in [5.74, 6) is -0.321. The van der Waals surface area contributed by atoms with Crippen molar-refractivity contribution in [2.75, 3.05) is 20.1 Å². The quantitative estimate of drug-likeness (QED) is 0.781. The molecule has 1 aromatic rings. The van der Waals surface area contributed by atoms with Crippen LogP contribution in [0.3, 0.4) is 0 Å². The Labute approximate surface area is 113 Å². The first-order chi connectivity index (χ1) is 9.08. The standard InChI is InChI=1S/C14H22FN3O/c1-3-4-18(10-14(19)17-2)9-12-5-11(8-16)6-13(15)7-12/h5-7H,3-4,8-10,16H2,1-2H3,(H,17,19). The molecule has 0 fully saturated rings. The van der Waals surface area contributed by atoms with Gasteiger partial charge < -0.3 is 11.1 Å². The third-order valence-corrected chi connectivity index (χ3v) is 2.85. The fourth-order valence-electron chi connectivity index (χ4n) is 2.00. The monoisotopic (exact) mass is 267 g/mol. The van der Waals surface area contributed by atoms with Crippen LogP contribution in [0.15, 0.2) is 18.2 Å². The second-order valence-corrected chi connectivity index (χ2v) is 4.56. The summed E-state index contributed by atoms with van der Waals surface area (Å²) in [5.41, 5.74) is 7.15. The van der Waals surface area contributed by atoms with Crippen LogP contribution in [0.4, 0.5) is 4.39 Å². The first-order valence-corrected chi connectivity index (χ1v) is 6.50. The van der Waals surface area contributed by atoms with Gasteiger partial charge in [-0.15, -0.1) is 0 Å². The molecule has 0 aromatic heterocycles. The van der Waals surface area contributed by atoms with Gasteiger partial charge in [0.2, 0.25) is 5.91 Å². The smallest absolute Gasteiger partial charge is 0.233 e. The average molecular weight is 267 g/mol. The number of nitrogens with two attached hydrogens (primary N) is 1. The lowest BCUT2D eigenvalue weighted by atomic mass is 10.1. The van der Waals surface area contributed by atoms with E-state index < -0.39 is 0 Å². The lowest BCUT2D eigenvalue weighted by molar-refractivity contribution is -0.121. The van der Waals surface area contributed by atoms with Gasteiger partial charge in [-0.3, -0.25) is 9.69 Å². The van der Waals surface area contributed by atoms with Crippen LogP contribution in [0.25, 0.3) is 0 Å². The fraction of sp³-hybridized carbons (Fsp3) is 0.500. The summed E-state index contributed by atoms with van der Waals surface area (Å²) < 4.78 is 13.4. The molecule has 0 aliphatic carbocycles. The summed E-state index contributed by atoms with van der Waals surface area (Å²) in [6.45, 7) is 4.02. The molecule has 4 nitrogen and oxygen atoms in total. The van der Waals surface area contributed by atoms with Gasteiger partial charge in [0.15, 0.2) is 0 Å². The zero-order valence-electron chi connectivity index (χ0n) is 11.6. The molecule has 0 atom stereocenters. The maximum atomic E-state index is 13.4. The van der Waals surface area contributed by atoms with Crippen molar-refractivity contribution in [1.29, 1.82) is 0 Å². The normalized spacial score (nSPS) is 10.8. The molecule has 0 spiro atoms. The lowest BCUT2D eigenvalue weighted by Crippen LogP contribution is -2.35. The molecule has 1 amide bonds. The minimum atomic E-state index is -0.283.